The van der Waals surface area contributed by atoms with E-state index in [-0.39, 0.29) is 0 Å². The van der Waals surface area contributed by atoms with E-state index >= 15 is 0 Å². The predicted octanol–water partition coefficient (Wildman–Crippen LogP) is 3.64. The summed E-state index contributed by atoms with van der Waals surface area (Å²) in [4.78, 5) is 7.82. The molecule has 0 amide bonds. The lowest BCUT2D eigenvalue weighted by Crippen LogP contribution is -2.17. The van der Waals surface area contributed by atoms with Crippen molar-refractivity contribution in [3.05, 3.63) is 64.6 Å². The standard InChI is InChI=1S/C20H22N4/c1-3-19-16(11-21)10-15(13-23-19)12-22-9-8-17-14(2)24-20-7-5-4-6-18(17)20/h4-7,10,13,22,24H,3,8-9,12H2,1-2H3. The Bertz CT molecular complexity index is 886. The Morgan fingerprint density at radius 3 is 2.92 bits per heavy atom. The van der Waals surface area contributed by atoms with Crippen LogP contribution in [0.2, 0.25) is 0 Å². The quantitative estimate of drug-likeness (QED) is 0.682. The molecule has 0 bridgehead atoms. The molecule has 24 heavy (non-hydrogen) atoms. The third kappa shape index (κ3) is 3.32. The number of fused-ring (bicyclic) bond motifs is 1. The van der Waals surface area contributed by atoms with Crippen LogP contribution in [0.4, 0.5) is 0 Å². The molecule has 4 nitrogen and oxygen atoms in total. The highest BCUT2D eigenvalue weighted by Gasteiger charge is 2.07. The Hall–Kier alpha value is -2.64. The van der Waals surface area contributed by atoms with Gasteiger partial charge in [0, 0.05) is 29.3 Å². The molecule has 2 aromatic heterocycles. The zero-order valence-corrected chi connectivity index (χ0v) is 14.2. The number of para-hydroxylation sites is 1. The fraction of sp³-hybridized carbons (Fsp3) is 0.300. The number of rotatable bonds is 6. The number of aryl methyl sites for hydroxylation is 2. The average Bonchev–Trinajstić information content (AvgIpc) is 2.93. The van der Waals surface area contributed by atoms with Crippen molar-refractivity contribution < 1.29 is 0 Å². The van der Waals surface area contributed by atoms with Crippen molar-refractivity contribution in [2.45, 2.75) is 33.2 Å². The van der Waals surface area contributed by atoms with E-state index in [4.69, 9.17) is 0 Å². The molecule has 0 fully saturated rings. The number of nitriles is 1. The smallest absolute Gasteiger partial charge is 0.101 e. The molecule has 3 rings (SSSR count). The van der Waals surface area contributed by atoms with Crippen molar-refractivity contribution in [1.29, 1.82) is 5.26 Å². The van der Waals surface area contributed by atoms with E-state index in [9.17, 15) is 5.26 Å². The first-order valence-electron chi connectivity index (χ1n) is 8.37. The zero-order chi connectivity index (χ0) is 16.9. The van der Waals surface area contributed by atoms with Gasteiger partial charge in [-0.2, -0.15) is 5.26 Å². The third-order valence-corrected chi connectivity index (χ3v) is 4.39. The van der Waals surface area contributed by atoms with Crippen LogP contribution in [0.1, 0.15) is 35.0 Å². The van der Waals surface area contributed by atoms with Gasteiger partial charge in [-0.1, -0.05) is 25.1 Å². The van der Waals surface area contributed by atoms with Gasteiger partial charge >= 0.3 is 0 Å². The van der Waals surface area contributed by atoms with Crippen LogP contribution in [0.3, 0.4) is 0 Å². The summed E-state index contributed by atoms with van der Waals surface area (Å²) in [6.45, 7) is 5.76. The topological polar surface area (TPSA) is 64.5 Å². The minimum atomic E-state index is 0.685. The van der Waals surface area contributed by atoms with Crippen molar-refractivity contribution in [2.24, 2.45) is 0 Å². The number of H-pyrrole nitrogens is 1. The lowest BCUT2D eigenvalue weighted by atomic mass is 10.1. The molecular formula is C20H22N4. The molecule has 0 saturated carbocycles. The molecule has 2 heterocycles. The Balaban J connectivity index is 1.61. The van der Waals surface area contributed by atoms with Crippen LogP contribution in [0, 0.1) is 18.3 Å². The molecule has 0 atom stereocenters. The number of nitrogens with zero attached hydrogens (tertiary/aromatic N) is 2. The van der Waals surface area contributed by atoms with Gasteiger partial charge in [0.15, 0.2) is 0 Å². The second-order valence-electron chi connectivity index (χ2n) is 6.00. The van der Waals surface area contributed by atoms with Crippen LogP contribution in [-0.2, 0) is 19.4 Å². The molecule has 0 saturated heterocycles. The molecule has 3 aromatic rings. The summed E-state index contributed by atoms with van der Waals surface area (Å²) in [7, 11) is 0. The lowest BCUT2D eigenvalue weighted by Gasteiger charge is -2.07. The summed E-state index contributed by atoms with van der Waals surface area (Å²) < 4.78 is 0. The van der Waals surface area contributed by atoms with E-state index in [0.717, 1.165) is 37.2 Å². The van der Waals surface area contributed by atoms with Gasteiger partial charge in [-0.3, -0.25) is 4.98 Å². The van der Waals surface area contributed by atoms with E-state index in [1.165, 1.54) is 22.2 Å². The maximum atomic E-state index is 9.19. The average molecular weight is 318 g/mol. The van der Waals surface area contributed by atoms with Crippen molar-refractivity contribution in [3.63, 3.8) is 0 Å². The molecule has 122 valence electrons. The van der Waals surface area contributed by atoms with Crippen molar-refractivity contribution in [3.8, 4) is 6.07 Å². The highest BCUT2D eigenvalue weighted by molar-refractivity contribution is 5.84. The van der Waals surface area contributed by atoms with Crippen LogP contribution < -0.4 is 5.32 Å². The first kappa shape index (κ1) is 16.2. The maximum Gasteiger partial charge on any atom is 0.101 e. The van der Waals surface area contributed by atoms with Crippen LogP contribution in [0.25, 0.3) is 10.9 Å². The molecule has 0 unspecified atom stereocenters. The molecule has 0 spiro atoms. The van der Waals surface area contributed by atoms with E-state index in [0.29, 0.717) is 5.56 Å². The number of aromatic amines is 1. The molecule has 0 radical (unpaired) electrons. The van der Waals surface area contributed by atoms with Gasteiger partial charge in [0.25, 0.3) is 0 Å². The number of pyridine rings is 1. The first-order valence-corrected chi connectivity index (χ1v) is 8.37. The Morgan fingerprint density at radius 1 is 1.29 bits per heavy atom. The Labute approximate surface area is 142 Å². The minimum absolute atomic E-state index is 0.685. The summed E-state index contributed by atoms with van der Waals surface area (Å²) in [6.07, 6.45) is 3.63. The molecular weight excluding hydrogens is 296 g/mol. The number of aromatic nitrogens is 2. The number of hydrogen-bond donors (Lipinski definition) is 2. The van der Waals surface area contributed by atoms with E-state index in [1.807, 2.05) is 19.2 Å². The van der Waals surface area contributed by atoms with Crippen LogP contribution in [0.15, 0.2) is 36.5 Å². The van der Waals surface area contributed by atoms with Gasteiger partial charge < -0.3 is 10.3 Å². The van der Waals surface area contributed by atoms with Crippen molar-refractivity contribution >= 4 is 10.9 Å². The minimum Gasteiger partial charge on any atom is -0.358 e. The first-order chi connectivity index (χ1) is 11.7. The van der Waals surface area contributed by atoms with Gasteiger partial charge in [0.1, 0.15) is 6.07 Å². The number of hydrogen-bond acceptors (Lipinski definition) is 3. The Morgan fingerprint density at radius 2 is 2.12 bits per heavy atom. The normalized spacial score (nSPS) is 10.9. The number of benzene rings is 1. The summed E-state index contributed by atoms with van der Waals surface area (Å²) in [5.41, 5.74) is 6.41. The number of nitrogens with one attached hydrogen (secondary N) is 2. The van der Waals surface area contributed by atoms with E-state index < -0.39 is 0 Å². The highest BCUT2D eigenvalue weighted by atomic mass is 14.9. The molecule has 1 aromatic carbocycles. The van der Waals surface area contributed by atoms with E-state index in [1.54, 1.807) is 0 Å². The van der Waals surface area contributed by atoms with Gasteiger partial charge in [0.2, 0.25) is 0 Å². The van der Waals surface area contributed by atoms with Crippen LogP contribution >= 0.6 is 0 Å². The molecule has 4 heteroatoms. The summed E-state index contributed by atoms with van der Waals surface area (Å²) in [6, 6.07) is 12.6. The largest absolute Gasteiger partial charge is 0.358 e. The summed E-state index contributed by atoms with van der Waals surface area (Å²) in [5.74, 6) is 0. The maximum absolute atomic E-state index is 9.19. The molecule has 0 aliphatic heterocycles. The molecule has 0 aliphatic rings. The van der Waals surface area contributed by atoms with Crippen molar-refractivity contribution in [2.75, 3.05) is 6.54 Å². The van der Waals surface area contributed by atoms with Gasteiger partial charge in [-0.05, 0) is 49.6 Å². The fourth-order valence-electron chi connectivity index (χ4n) is 3.11. The van der Waals surface area contributed by atoms with E-state index in [2.05, 4.69) is 52.5 Å². The Kier molecular flexibility index (Phi) is 4.93. The summed E-state index contributed by atoms with van der Waals surface area (Å²) >= 11 is 0. The molecule has 2 N–H and O–H groups in total. The van der Waals surface area contributed by atoms with Crippen LogP contribution in [-0.4, -0.2) is 16.5 Å². The third-order valence-electron chi connectivity index (χ3n) is 4.39. The zero-order valence-electron chi connectivity index (χ0n) is 14.2. The second kappa shape index (κ2) is 7.29. The summed E-state index contributed by atoms with van der Waals surface area (Å²) in [5, 5.41) is 13.9. The SMILES string of the molecule is CCc1ncc(CNCCc2c(C)[nH]c3ccccc23)cc1C#N. The van der Waals surface area contributed by atoms with Crippen molar-refractivity contribution in [1.82, 2.24) is 15.3 Å². The highest BCUT2D eigenvalue weighted by Crippen LogP contribution is 2.21. The van der Waals surface area contributed by atoms with Crippen LogP contribution in [0.5, 0.6) is 0 Å². The second-order valence-corrected chi connectivity index (χ2v) is 6.00. The van der Waals surface area contributed by atoms with Gasteiger partial charge in [0.05, 0.1) is 11.3 Å². The lowest BCUT2D eigenvalue weighted by molar-refractivity contribution is 0.684. The monoisotopic (exact) mass is 318 g/mol. The molecule has 0 aliphatic carbocycles. The van der Waals surface area contributed by atoms with Gasteiger partial charge in [-0.25, -0.2) is 0 Å². The predicted molar refractivity (Wildman–Crippen MR) is 96.8 cm³/mol. The fourth-order valence-corrected chi connectivity index (χ4v) is 3.11. The van der Waals surface area contributed by atoms with Gasteiger partial charge in [-0.15, -0.1) is 0 Å².